The number of halogens is 3. The molecule has 0 amide bonds. The molecule has 116 valence electrons. The summed E-state index contributed by atoms with van der Waals surface area (Å²) >= 11 is 0. The fourth-order valence-electron chi connectivity index (χ4n) is 2.35. The number of carbonyl (C=O) groups is 1. The van der Waals surface area contributed by atoms with E-state index in [4.69, 9.17) is 0 Å². The molecule has 3 nitrogen and oxygen atoms in total. The highest BCUT2D eigenvalue weighted by molar-refractivity contribution is 5.93. The summed E-state index contributed by atoms with van der Waals surface area (Å²) in [5.41, 5.74) is 2.25. The van der Waals surface area contributed by atoms with Crippen LogP contribution < -0.4 is 4.74 Å². The minimum absolute atomic E-state index is 0.152. The van der Waals surface area contributed by atoms with Crippen molar-refractivity contribution in [2.24, 2.45) is 0 Å². The first-order valence-electron chi connectivity index (χ1n) is 6.38. The van der Waals surface area contributed by atoms with Crippen molar-refractivity contribution in [3.8, 4) is 16.9 Å². The van der Waals surface area contributed by atoms with E-state index in [0.29, 0.717) is 22.3 Å². The van der Waals surface area contributed by atoms with E-state index in [1.54, 1.807) is 32.0 Å². The minimum Gasteiger partial charge on any atom is -0.478 e. The Hall–Kier alpha value is -2.50. The normalized spacial score (nSPS) is 11.3. The second kappa shape index (κ2) is 5.71. The number of alkyl halides is 3. The summed E-state index contributed by atoms with van der Waals surface area (Å²) < 4.78 is 40.7. The second-order valence-electron chi connectivity index (χ2n) is 4.81. The molecule has 0 heterocycles. The molecule has 0 aliphatic carbocycles. The molecule has 22 heavy (non-hydrogen) atoms. The van der Waals surface area contributed by atoms with E-state index in [9.17, 15) is 23.1 Å². The molecule has 0 saturated heterocycles. The highest BCUT2D eigenvalue weighted by Gasteiger charge is 2.31. The molecule has 0 spiro atoms. The number of hydrogen-bond acceptors (Lipinski definition) is 2. The van der Waals surface area contributed by atoms with Gasteiger partial charge in [-0.05, 0) is 48.2 Å². The molecule has 0 fully saturated rings. The third-order valence-electron chi connectivity index (χ3n) is 3.27. The largest absolute Gasteiger partial charge is 0.573 e. The van der Waals surface area contributed by atoms with Crippen LogP contribution in [-0.4, -0.2) is 17.4 Å². The summed E-state index contributed by atoms with van der Waals surface area (Å²) in [7, 11) is 0. The van der Waals surface area contributed by atoms with Gasteiger partial charge in [-0.25, -0.2) is 4.79 Å². The van der Waals surface area contributed by atoms with Crippen LogP contribution in [-0.2, 0) is 0 Å². The van der Waals surface area contributed by atoms with Gasteiger partial charge in [0, 0.05) is 0 Å². The fourth-order valence-corrected chi connectivity index (χ4v) is 2.35. The molecule has 0 unspecified atom stereocenters. The molecule has 0 radical (unpaired) electrons. The van der Waals surface area contributed by atoms with Crippen molar-refractivity contribution >= 4 is 5.97 Å². The van der Waals surface area contributed by atoms with E-state index in [2.05, 4.69) is 4.74 Å². The smallest absolute Gasteiger partial charge is 0.478 e. The first-order chi connectivity index (χ1) is 10.2. The molecule has 2 rings (SSSR count). The lowest BCUT2D eigenvalue weighted by Crippen LogP contribution is -2.17. The topological polar surface area (TPSA) is 46.5 Å². The molecule has 2 aromatic carbocycles. The summed E-state index contributed by atoms with van der Waals surface area (Å²) in [6.07, 6.45) is -4.77. The molecular formula is C16H13F3O3. The van der Waals surface area contributed by atoms with Crippen LogP contribution >= 0.6 is 0 Å². The van der Waals surface area contributed by atoms with Gasteiger partial charge in [0.25, 0.3) is 0 Å². The quantitative estimate of drug-likeness (QED) is 0.903. The maximum atomic E-state index is 12.3. The number of carboxylic acids is 1. The van der Waals surface area contributed by atoms with Crippen LogP contribution in [0, 0.1) is 13.8 Å². The van der Waals surface area contributed by atoms with E-state index in [1.807, 2.05) is 0 Å². The van der Waals surface area contributed by atoms with Crippen molar-refractivity contribution in [1.82, 2.24) is 0 Å². The van der Waals surface area contributed by atoms with Gasteiger partial charge < -0.3 is 9.84 Å². The molecule has 0 aliphatic heterocycles. The van der Waals surface area contributed by atoms with Crippen molar-refractivity contribution in [1.29, 1.82) is 0 Å². The predicted octanol–water partition coefficient (Wildman–Crippen LogP) is 4.57. The standard InChI is InChI=1S/C16H13F3O3/c1-9-6-7-13(10(2)14(9)15(20)21)11-4-3-5-12(8-11)22-16(17,18)19/h3-8H,1-2H3,(H,20,21). The van der Waals surface area contributed by atoms with Crippen molar-refractivity contribution in [2.75, 3.05) is 0 Å². The van der Waals surface area contributed by atoms with Crippen molar-refractivity contribution in [2.45, 2.75) is 20.2 Å². The van der Waals surface area contributed by atoms with E-state index < -0.39 is 12.3 Å². The third-order valence-corrected chi connectivity index (χ3v) is 3.27. The van der Waals surface area contributed by atoms with Gasteiger partial charge in [0.15, 0.2) is 0 Å². The zero-order valence-electron chi connectivity index (χ0n) is 11.9. The van der Waals surface area contributed by atoms with Crippen LogP contribution in [0.15, 0.2) is 36.4 Å². The van der Waals surface area contributed by atoms with Crippen LogP contribution in [0.25, 0.3) is 11.1 Å². The second-order valence-corrected chi connectivity index (χ2v) is 4.81. The summed E-state index contributed by atoms with van der Waals surface area (Å²) in [6, 6.07) is 8.77. The first kappa shape index (κ1) is 15.9. The number of ether oxygens (including phenoxy) is 1. The molecule has 0 bridgehead atoms. The van der Waals surface area contributed by atoms with Crippen molar-refractivity contribution in [3.05, 3.63) is 53.1 Å². The van der Waals surface area contributed by atoms with Crippen LogP contribution in [0.2, 0.25) is 0 Å². The Labute approximate surface area is 125 Å². The van der Waals surface area contributed by atoms with E-state index in [-0.39, 0.29) is 11.3 Å². The highest BCUT2D eigenvalue weighted by Crippen LogP contribution is 2.31. The number of benzene rings is 2. The summed E-state index contributed by atoms with van der Waals surface area (Å²) in [5, 5.41) is 9.25. The Morgan fingerprint density at radius 3 is 2.41 bits per heavy atom. The predicted molar refractivity (Wildman–Crippen MR) is 75.0 cm³/mol. The first-order valence-corrected chi connectivity index (χ1v) is 6.38. The number of aryl methyl sites for hydroxylation is 1. The van der Waals surface area contributed by atoms with Gasteiger partial charge >= 0.3 is 12.3 Å². The lowest BCUT2D eigenvalue weighted by Gasteiger charge is -2.13. The van der Waals surface area contributed by atoms with Gasteiger partial charge in [0.05, 0.1) is 5.56 Å². The monoisotopic (exact) mass is 310 g/mol. The van der Waals surface area contributed by atoms with Crippen LogP contribution in [0.4, 0.5) is 13.2 Å². The van der Waals surface area contributed by atoms with E-state index >= 15 is 0 Å². The van der Waals surface area contributed by atoms with Crippen LogP contribution in [0.1, 0.15) is 21.5 Å². The molecule has 0 aromatic heterocycles. The van der Waals surface area contributed by atoms with Gasteiger partial charge in [-0.1, -0.05) is 24.3 Å². The average molecular weight is 310 g/mol. The highest BCUT2D eigenvalue weighted by atomic mass is 19.4. The van der Waals surface area contributed by atoms with E-state index in [1.165, 1.54) is 18.2 Å². The van der Waals surface area contributed by atoms with Crippen LogP contribution in [0.3, 0.4) is 0 Å². The molecule has 1 N–H and O–H groups in total. The zero-order chi connectivity index (χ0) is 16.5. The van der Waals surface area contributed by atoms with E-state index in [0.717, 1.165) is 0 Å². The SMILES string of the molecule is Cc1ccc(-c2cccc(OC(F)(F)F)c2)c(C)c1C(=O)O. The van der Waals surface area contributed by atoms with Crippen molar-refractivity contribution < 1.29 is 27.8 Å². The molecular weight excluding hydrogens is 297 g/mol. The Balaban J connectivity index is 2.51. The van der Waals surface area contributed by atoms with Gasteiger partial charge in [-0.3, -0.25) is 0 Å². The lowest BCUT2D eigenvalue weighted by atomic mass is 9.93. The summed E-state index contributed by atoms with van der Waals surface area (Å²) in [4.78, 5) is 11.3. The Morgan fingerprint density at radius 1 is 1.14 bits per heavy atom. The molecule has 2 aromatic rings. The number of rotatable bonds is 3. The number of hydrogen-bond donors (Lipinski definition) is 1. The Kier molecular flexibility index (Phi) is 4.12. The van der Waals surface area contributed by atoms with Gasteiger partial charge in [-0.2, -0.15) is 0 Å². The number of aromatic carboxylic acids is 1. The van der Waals surface area contributed by atoms with Gasteiger partial charge in [0.2, 0.25) is 0 Å². The van der Waals surface area contributed by atoms with Gasteiger partial charge in [-0.15, -0.1) is 13.2 Å². The van der Waals surface area contributed by atoms with Gasteiger partial charge in [0.1, 0.15) is 5.75 Å². The summed E-state index contributed by atoms with van der Waals surface area (Å²) in [5.74, 6) is -1.42. The average Bonchev–Trinajstić information content (AvgIpc) is 2.36. The molecule has 0 atom stereocenters. The maximum Gasteiger partial charge on any atom is 0.573 e. The zero-order valence-corrected chi connectivity index (χ0v) is 11.9. The molecule has 0 aliphatic rings. The number of carboxylic acid groups (broad SMARTS) is 1. The third kappa shape index (κ3) is 3.39. The summed E-state index contributed by atoms with van der Waals surface area (Å²) in [6.45, 7) is 3.30. The molecule has 0 saturated carbocycles. The van der Waals surface area contributed by atoms with Crippen molar-refractivity contribution in [3.63, 3.8) is 0 Å². The molecule has 6 heteroatoms. The minimum atomic E-state index is -4.77. The fraction of sp³-hybridized carbons (Fsp3) is 0.188. The Morgan fingerprint density at radius 2 is 1.82 bits per heavy atom. The lowest BCUT2D eigenvalue weighted by molar-refractivity contribution is -0.274. The Bertz CT molecular complexity index is 721. The maximum absolute atomic E-state index is 12.3. The van der Waals surface area contributed by atoms with Crippen LogP contribution in [0.5, 0.6) is 5.75 Å².